The molecule has 0 aromatic carbocycles. The molecule has 1 aromatic heterocycles. The molecule has 104 valence electrons. The van der Waals surface area contributed by atoms with E-state index in [0.717, 1.165) is 11.3 Å². The number of aliphatic hydroxyl groups is 2. The molecule has 9 heteroatoms. The highest BCUT2D eigenvalue weighted by molar-refractivity contribution is 9.11. The van der Waals surface area contributed by atoms with Crippen molar-refractivity contribution in [1.29, 1.82) is 0 Å². The van der Waals surface area contributed by atoms with Crippen molar-refractivity contribution in [2.45, 2.75) is 23.1 Å². The number of sulfonamides is 1. The van der Waals surface area contributed by atoms with Gasteiger partial charge in [0, 0.05) is 0 Å². The van der Waals surface area contributed by atoms with Crippen LogP contribution in [0.15, 0.2) is 14.1 Å². The van der Waals surface area contributed by atoms with Crippen molar-refractivity contribution >= 4 is 48.9 Å². The highest BCUT2D eigenvalue weighted by atomic mass is 79.9. The molecule has 0 unspecified atom stereocenters. The number of rotatable bonds is 6. The van der Waals surface area contributed by atoms with Gasteiger partial charge in [-0.25, -0.2) is 8.42 Å². The Bertz CT molecular complexity index is 485. The van der Waals surface area contributed by atoms with Crippen LogP contribution in [-0.4, -0.2) is 37.4 Å². The molecule has 0 aliphatic carbocycles. The van der Waals surface area contributed by atoms with Crippen molar-refractivity contribution in [3.8, 4) is 0 Å². The van der Waals surface area contributed by atoms with Gasteiger partial charge >= 0.3 is 0 Å². The minimum atomic E-state index is -3.82. The third-order valence-electron chi connectivity index (χ3n) is 2.52. The van der Waals surface area contributed by atoms with Crippen molar-refractivity contribution < 1.29 is 18.6 Å². The molecule has 0 spiro atoms. The first-order chi connectivity index (χ1) is 8.30. The molecule has 5 nitrogen and oxygen atoms in total. The van der Waals surface area contributed by atoms with Crippen LogP contribution in [0.25, 0.3) is 0 Å². The molecule has 0 saturated carbocycles. The maximum atomic E-state index is 12.1. The Morgan fingerprint density at radius 2 is 2.06 bits per heavy atom. The molecule has 3 N–H and O–H groups in total. The third-order valence-corrected chi connectivity index (χ3v) is 7.05. The molecule has 0 fully saturated rings. The summed E-state index contributed by atoms with van der Waals surface area (Å²) in [6.07, 6.45) is 0.263. The minimum absolute atomic E-state index is 0.0269. The third kappa shape index (κ3) is 3.44. The fourth-order valence-electron chi connectivity index (χ4n) is 1.20. The van der Waals surface area contributed by atoms with E-state index >= 15 is 0 Å². The Hall–Kier alpha value is 0.300. The molecular weight excluding hydrogens is 366 g/mol. The summed E-state index contributed by atoms with van der Waals surface area (Å²) >= 11 is 9.88. The van der Waals surface area contributed by atoms with Gasteiger partial charge in [0.1, 0.15) is 4.21 Å². The van der Waals surface area contributed by atoms with Crippen LogP contribution in [0, 0.1) is 0 Å². The average molecular weight is 379 g/mol. The van der Waals surface area contributed by atoms with E-state index in [0.29, 0.717) is 8.81 Å². The molecular formula is C9H13BrClNO4S2. The molecule has 0 saturated heterocycles. The van der Waals surface area contributed by atoms with Crippen LogP contribution >= 0.6 is 38.9 Å². The van der Waals surface area contributed by atoms with Crippen LogP contribution in [0.3, 0.4) is 0 Å². The molecule has 1 rings (SSSR count). The summed E-state index contributed by atoms with van der Waals surface area (Å²) in [5, 5.41) is 18.8. The number of hydrogen-bond donors (Lipinski definition) is 3. The zero-order valence-electron chi connectivity index (χ0n) is 9.48. The average Bonchev–Trinajstić information content (AvgIpc) is 2.68. The fourth-order valence-corrected chi connectivity index (χ4v) is 5.06. The van der Waals surface area contributed by atoms with Gasteiger partial charge in [0.2, 0.25) is 0 Å². The van der Waals surface area contributed by atoms with Gasteiger partial charge in [-0.3, -0.25) is 0 Å². The first kappa shape index (κ1) is 16.4. The second kappa shape index (κ2) is 6.17. The summed E-state index contributed by atoms with van der Waals surface area (Å²) < 4.78 is 27.0. The predicted octanol–water partition coefficient (Wildman–Crippen LogP) is 1.58. The summed E-state index contributed by atoms with van der Waals surface area (Å²) in [6.45, 7) is 0.700. The van der Waals surface area contributed by atoms with E-state index < -0.39 is 28.8 Å². The van der Waals surface area contributed by atoms with Crippen LogP contribution in [0.1, 0.15) is 13.3 Å². The largest absolute Gasteiger partial charge is 0.394 e. The van der Waals surface area contributed by atoms with Gasteiger partial charge in [-0.1, -0.05) is 18.5 Å². The maximum absolute atomic E-state index is 12.1. The van der Waals surface area contributed by atoms with Crippen LogP contribution in [-0.2, 0) is 10.0 Å². The van der Waals surface area contributed by atoms with E-state index in [1.54, 1.807) is 6.92 Å². The van der Waals surface area contributed by atoms with Crippen LogP contribution in [0.5, 0.6) is 0 Å². The second-order valence-electron chi connectivity index (χ2n) is 3.74. The summed E-state index contributed by atoms with van der Waals surface area (Å²) in [5.41, 5.74) is -1.26. The molecule has 0 aliphatic heterocycles. The van der Waals surface area contributed by atoms with Crippen molar-refractivity contribution in [3.63, 3.8) is 0 Å². The fraction of sp³-hybridized carbons (Fsp3) is 0.556. The SMILES string of the molecule is CCC(CO)(CO)NS(=O)(=O)c1cc(Cl)c(Br)s1. The van der Waals surface area contributed by atoms with Gasteiger partial charge in [0.05, 0.1) is 27.6 Å². The van der Waals surface area contributed by atoms with E-state index in [1.165, 1.54) is 6.07 Å². The van der Waals surface area contributed by atoms with Crippen LogP contribution < -0.4 is 4.72 Å². The lowest BCUT2D eigenvalue weighted by molar-refractivity contribution is 0.105. The second-order valence-corrected chi connectivity index (χ2v) is 8.43. The first-order valence-corrected chi connectivity index (χ1v) is 8.48. The van der Waals surface area contributed by atoms with Gasteiger partial charge in [-0.2, -0.15) is 4.72 Å². The van der Waals surface area contributed by atoms with Gasteiger partial charge in [0.25, 0.3) is 10.0 Å². The topological polar surface area (TPSA) is 86.6 Å². The normalized spacial score (nSPS) is 12.9. The summed E-state index contributed by atoms with van der Waals surface area (Å²) in [4.78, 5) is 0. The number of hydrogen-bond acceptors (Lipinski definition) is 5. The molecule has 0 amide bonds. The van der Waals surface area contributed by atoms with Gasteiger partial charge in [-0.15, -0.1) is 11.3 Å². The van der Waals surface area contributed by atoms with Crippen molar-refractivity contribution in [3.05, 3.63) is 14.9 Å². The van der Waals surface area contributed by atoms with Gasteiger partial charge in [0.15, 0.2) is 0 Å². The molecule has 1 heterocycles. The smallest absolute Gasteiger partial charge is 0.250 e. The zero-order chi connectivity index (χ0) is 14.0. The monoisotopic (exact) mass is 377 g/mol. The molecule has 0 radical (unpaired) electrons. The van der Waals surface area contributed by atoms with Crippen LogP contribution in [0.4, 0.5) is 0 Å². The van der Waals surface area contributed by atoms with Crippen molar-refractivity contribution in [2.75, 3.05) is 13.2 Å². The Kier molecular flexibility index (Phi) is 5.60. The number of nitrogens with one attached hydrogen (secondary N) is 1. The molecule has 0 aliphatic rings. The highest BCUT2D eigenvalue weighted by Crippen LogP contribution is 2.35. The predicted molar refractivity (Wildman–Crippen MR) is 74.5 cm³/mol. The first-order valence-electron chi connectivity index (χ1n) is 5.01. The standard InChI is InChI=1S/C9H13BrClNO4S2/c1-2-9(4-13,5-14)12-18(15,16)7-3-6(11)8(10)17-7/h3,12-14H,2,4-5H2,1H3. The van der Waals surface area contributed by atoms with Crippen molar-refractivity contribution in [1.82, 2.24) is 4.72 Å². The van der Waals surface area contributed by atoms with E-state index in [4.69, 9.17) is 11.6 Å². The van der Waals surface area contributed by atoms with Gasteiger partial charge in [-0.05, 0) is 28.4 Å². The van der Waals surface area contributed by atoms with E-state index in [2.05, 4.69) is 20.7 Å². The lowest BCUT2D eigenvalue weighted by Crippen LogP contribution is -2.53. The Labute approximate surface area is 123 Å². The minimum Gasteiger partial charge on any atom is -0.394 e. The summed E-state index contributed by atoms with van der Waals surface area (Å²) in [7, 11) is -3.82. The lowest BCUT2D eigenvalue weighted by Gasteiger charge is -2.28. The molecule has 0 bridgehead atoms. The Morgan fingerprint density at radius 1 is 1.50 bits per heavy atom. The lowest BCUT2D eigenvalue weighted by atomic mass is 10.0. The molecule has 18 heavy (non-hydrogen) atoms. The number of halogens is 2. The molecule has 0 atom stereocenters. The van der Waals surface area contributed by atoms with Gasteiger partial charge < -0.3 is 10.2 Å². The van der Waals surface area contributed by atoms with Crippen LogP contribution in [0.2, 0.25) is 5.02 Å². The maximum Gasteiger partial charge on any atom is 0.250 e. The quantitative estimate of drug-likeness (QED) is 0.701. The zero-order valence-corrected chi connectivity index (χ0v) is 13.5. The number of thiophene rings is 1. The summed E-state index contributed by atoms with van der Waals surface area (Å²) in [5.74, 6) is 0. The molecule has 1 aromatic rings. The van der Waals surface area contributed by atoms with E-state index in [1.807, 2.05) is 0 Å². The highest BCUT2D eigenvalue weighted by Gasteiger charge is 2.33. The van der Waals surface area contributed by atoms with E-state index in [9.17, 15) is 18.6 Å². The summed E-state index contributed by atoms with van der Waals surface area (Å²) in [6, 6.07) is 1.31. The van der Waals surface area contributed by atoms with E-state index in [-0.39, 0.29) is 10.6 Å². The number of aliphatic hydroxyl groups excluding tert-OH is 2. The Balaban J connectivity index is 3.08. The Morgan fingerprint density at radius 3 is 2.39 bits per heavy atom. The van der Waals surface area contributed by atoms with Crippen molar-refractivity contribution in [2.24, 2.45) is 0 Å².